The van der Waals surface area contributed by atoms with Gasteiger partial charge >= 0.3 is 5.97 Å². The van der Waals surface area contributed by atoms with Crippen LogP contribution in [0.3, 0.4) is 0 Å². The summed E-state index contributed by atoms with van der Waals surface area (Å²) in [6, 6.07) is 7.42. The molecule has 1 aliphatic rings. The molecule has 0 unspecified atom stereocenters. The molecule has 0 bridgehead atoms. The molecule has 20 heavy (non-hydrogen) atoms. The van der Waals surface area contributed by atoms with E-state index in [9.17, 15) is 14.4 Å². The van der Waals surface area contributed by atoms with Gasteiger partial charge in [-0.05, 0) is 38.0 Å². The monoisotopic (exact) mass is 276 g/mol. The number of esters is 1. The van der Waals surface area contributed by atoms with Crippen LogP contribution in [0.25, 0.3) is 0 Å². The third kappa shape index (κ3) is 2.66. The second-order valence-electron chi connectivity index (χ2n) is 5.19. The van der Waals surface area contributed by atoms with Crippen LogP contribution in [0.1, 0.15) is 31.9 Å². The van der Waals surface area contributed by atoms with Crippen molar-refractivity contribution in [2.45, 2.75) is 32.4 Å². The van der Waals surface area contributed by atoms with Gasteiger partial charge in [-0.2, -0.15) is 5.26 Å². The maximum Gasteiger partial charge on any atom is 0.323 e. The topological polar surface area (TPSA) is 62.1 Å². The Morgan fingerprint density at radius 1 is 1.55 bits per heavy atom. The first-order valence-corrected chi connectivity index (χ1v) is 6.59. The van der Waals surface area contributed by atoms with Crippen LogP contribution in [0.4, 0.5) is 4.39 Å². The van der Waals surface area contributed by atoms with Crippen molar-refractivity contribution in [1.82, 2.24) is 5.32 Å². The van der Waals surface area contributed by atoms with Crippen LogP contribution >= 0.6 is 0 Å². The van der Waals surface area contributed by atoms with Gasteiger partial charge in [0.15, 0.2) is 0 Å². The minimum Gasteiger partial charge on any atom is -0.465 e. The van der Waals surface area contributed by atoms with Crippen LogP contribution in [0, 0.1) is 22.6 Å². The number of nitrogens with zero attached hydrogens (tertiary/aromatic N) is 1. The molecule has 0 radical (unpaired) electrons. The van der Waals surface area contributed by atoms with Crippen LogP contribution < -0.4 is 5.32 Å². The molecular weight excluding hydrogens is 259 g/mol. The maximum absolute atomic E-state index is 13.0. The van der Waals surface area contributed by atoms with E-state index in [0.29, 0.717) is 13.0 Å². The van der Waals surface area contributed by atoms with E-state index in [1.54, 1.807) is 26.0 Å². The Hall–Kier alpha value is -1.93. The van der Waals surface area contributed by atoms with Crippen LogP contribution in [-0.4, -0.2) is 18.6 Å². The number of ether oxygens (including phenoxy) is 1. The molecule has 2 rings (SSSR count). The average Bonchev–Trinajstić information content (AvgIpc) is 2.79. The van der Waals surface area contributed by atoms with Gasteiger partial charge in [-0.1, -0.05) is 12.1 Å². The van der Waals surface area contributed by atoms with Gasteiger partial charge in [0.25, 0.3) is 0 Å². The number of benzene rings is 1. The average molecular weight is 276 g/mol. The van der Waals surface area contributed by atoms with E-state index in [-0.39, 0.29) is 17.8 Å². The van der Waals surface area contributed by atoms with Gasteiger partial charge in [0.1, 0.15) is 11.9 Å². The summed E-state index contributed by atoms with van der Waals surface area (Å²) in [5.74, 6) is -0.675. The predicted octanol–water partition coefficient (Wildman–Crippen LogP) is 2.32. The Kier molecular flexibility index (Phi) is 4.05. The highest BCUT2D eigenvalue weighted by atomic mass is 19.1. The molecule has 3 atom stereocenters. The zero-order valence-corrected chi connectivity index (χ0v) is 11.5. The summed E-state index contributed by atoms with van der Waals surface area (Å²) in [4.78, 5) is 11.8. The van der Waals surface area contributed by atoms with Gasteiger partial charge in [-0.3, -0.25) is 10.1 Å². The van der Waals surface area contributed by atoms with Crippen molar-refractivity contribution in [2.75, 3.05) is 6.61 Å². The molecule has 1 saturated heterocycles. The van der Waals surface area contributed by atoms with Crippen molar-refractivity contribution in [3.05, 3.63) is 35.6 Å². The first kappa shape index (κ1) is 14.5. The molecule has 0 saturated carbocycles. The highest BCUT2D eigenvalue weighted by molar-refractivity contribution is 5.76. The van der Waals surface area contributed by atoms with E-state index in [1.165, 1.54) is 12.1 Å². The number of hydrogen-bond donors (Lipinski definition) is 1. The van der Waals surface area contributed by atoms with Gasteiger partial charge < -0.3 is 4.74 Å². The second-order valence-corrected chi connectivity index (χ2v) is 5.19. The van der Waals surface area contributed by atoms with Crippen LogP contribution in [0.2, 0.25) is 0 Å². The zero-order valence-electron chi connectivity index (χ0n) is 11.5. The van der Waals surface area contributed by atoms with Gasteiger partial charge in [0, 0.05) is 0 Å². The van der Waals surface area contributed by atoms with E-state index >= 15 is 0 Å². The van der Waals surface area contributed by atoms with Crippen LogP contribution in [0.15, 0.2) is 24.3 Å². The predicted molar refractivity (Wildman–Crippen MR) is 71.0 cm³/mol. The normalized spacial score (nSPS) is 28.9. The Bertz CT molecular complexity index is 538. The highest BCUT2D eigenvalue weighted by Crippen LogP contribution is 2.43. The first-order chi connectivity index (χ1) is 9.50. The maximum atomic E-state index is 13.0. The van der Waals surface area contributed by atoms with E-state index < -0.39 is 11.5 Å². The van der Waals surface area contributed by atoms with E-state index in [4.69, 9.17) is 4.74 Å². The summed E-state index contributed by atoms with van der Waals surface area (Å²) in [5, 5.41) is 12.6. The fraction of sp³-hybridized carbons (Fsp3) is 0.467. The van der Waals surface area contributed by atoms with Crippen molar-refractivity contribution >= 4 is 5.97 Å². The molecule has 0 aliphatic carbocycles. The van der Waals surface area contributed by atoms with Gasteiger partial charge in [-0.25, -0.2) is 4.39 Å². The standard InChI is InChI=1S/C15H17FN2O2/c1-3-20-14(19)12-8-15(2,9-17)13(18-12)10-4-6-11(16)7-5-10/h4-7,12-13,18H,3,8H2,1-2H3/t12-,13-,15+/m0/s1. The Balaban J connectivity index is 2.25. The number of carbonyl (C=O) groups excluding carboxylic acids is 1. The van der Waals surface area contributed by atoms with Gasteiger partial charge in [0.05, 0.1) is 24.1 Å². The second kappa shape index (κ2) is 5.59. The molecule has 5 heteroatoms. The molecule has 1 fully saturated rings. The third-order valence-electron chi connectivity index (χ3n) is 3.66. The smallest absolute Gasteiger partial charge is 0.323 e. The number of halogens is 1. The fourth-order valence-electron chi connectivity index (χ4n) is 2.61. The first-order valence-electron chi connectivity index (χ1n) is 6.59. The lowest BCUT2D eigenvalue weighted by Crippen LogP contribution is -2.34. The lowest BCUT2D eigenvalue weighted by atomic mass is 9.80. The lowest BCUT2D eigenvalue weighted by molar-refractivity contribution is -0.145. The Morgan fingerprint density at radius 3 is 2.75 bits per heavy atom. The Labute approximate surface area is 117 Å². The number of hydrogen-bond acceptors (Lipinski definition) is 4. The summed E-state index contributed by atoms with van der Waals surface area (Å²) in [6.45, 7) is 3.85. The summed E-state index contributed by atoms with van der Waals surface area (Å²) < 4.78 is 18.0. The van der Waals surface area contributed by atoms with E-state index in [1.807, 2.05) is 0 Å². The molecule has 1 aliphatic heterocycles. The molecule has 0 spiro atoms. The van der Waals surface area contributed by atoms with E-state index in [0.717, 1.165) is 5.56 Å². The third-order valence-corrected chi connectivity index (χ3v) is 3.66. The molecule has 1 aromatic carbocycles. The van der Waals surface area contributed by atoms with Crippen molar-refractivity contribution < 1.29 is 13.9 Å². The molecule has 0 amide bonds. The van der Waals surface area contributed by atoms with Crippen LogP contribution in [-0.2, 0) is 9.53 Å². The summed E-state index contributed by atoms with van der Waals surface area (Å²) in [5.41, 5.74) is 0.0668. The number of rotatable bonds is 3. The summed E-state index contributed by atoms with van der Waals surface area (Å²) >= 11 is 0. The van der Waals surface area contributed by atoms with Crippen molar-refractivity contribution in [2.24, 2.45) is 5.41 Å². The highest BCUT2D eigenvalue weighted by Gasteiger charge is 2.47. The SMILES string of the molecule is CCOC(=O)[C@@H]1C[C@](C)(C#N)[C@H](c2ccc(F)cc2)N1. The quantitative estimate of drug-likeness (QED) is 0.861. The largest absolute Gasteiger partial charge is 0.465 e. The number of carbonyl (C=O) groups is 1. The zero-order chi connectivity index (χ0) is 14.8. The summed E-state index contributed by atoms with van der Waals surface area (Å²) in [6.07, 6.45) is 0.379. The minimum absolute atomic E-state index is 0.307. The molecule has 0 aromatic heterocycles. The van der Waals surface area contributed by atoms with Gasteiger partial charge in [0.2, 0.25) is 0 Å². The van der Waals surface area contributed by atoms with Gasteiger partial charge in [-0.15, -0.1) is 0 Å². The fourth-order valence-corrected chi connectivity index (χ4v) is 2.61. The molecule has 4 nitrogen and oxygen atoms in total. The van der Waals surface area contributed by atoms with Crippen LogP contribution in [0.5, 0.6) is 0 Å². The molecule has 1 N–H and O–H groups in total. The minimum atomic E-state index is -0.727. The van der Waals surface area contributed by atoms with Crippen molar-refractivity contribution in [1.29, 1.82) is 5.26 Å². The molecule has 1 heterocycles. The number of nitriles is 1. The summed E-state index contributed by atoms with van der Waals surface area (Å²) in [7, 11) is 0. The van der Waals surface area contributed by atoms with Crippen molar-refractivity contribution in [3.8, 4) is 6.07 Å². The molecule has 1 aromatic rings. The Morgan fingerprint density at radius 2 is 2.20 bits per heavy atom. The molecular formula is C15H17FN2O2. The van der Waals surface area contributed by atoms with Crippen molar-refractivity contribution in [3.63, 3.8) is 0 Å². The lowest BCUT2D eigenvalue weighted by Gasteiger charge is -2.23. The van der Waals surface area contributed by atoms with E-state index in [2.05, 4.69) is 11.4 Å². The molecule has 106 valence electrons. The number of nitrogens with one attached hydrogen (secondary N) is 1.